The predicted octanol–water partition coefficient (Wildman–Crippen LogP) is 2.85. The molecule has 0 aliphatic carbocycles. The van der Waals surface area contributed by atoms with E-state index in [1.165, 1.54) is 16.7 Å². The van der Waals surface area contributed by atoms with E-state index >= 15 is 0 Å². The molecule has 0 spiro atoms. The summed E-state index contributed by atoms with van der Waals surface area (Å²) in [6, 6.07) is 8.80. The predicted molar refractivity (Wildman–Crippen MR) is 100 cm³/mol. The smallest absolute Gasteiger partial charge is 0.194 e. The van der Waals surface area contributed by atoms with E-state index in [4.69, 9.17) is 4.99 Å². The van der Waals surface area contributed by atoms with Crippen molar-refractivity contribution in [1.82, 2.24) is 20.0 Å². The van der Waals surface area contributed by atoms with E-state index in [2.05, 4.69) is 67.4 Å². The molecule has 2 rings (SSSR count). The molecule has 1 aromatic heterocycles. The molecular formula is C19H29N5. The average molecular weight is 327 g/mol. The number of rotatable bonds is 7. The zero-order chi connectivity index (χ0) is 17.4. The third kappa shape index (κ3) is 5.41. The first-order valence-electron chi connectivity index (χ1n) is 8.68. The van der Waals surface area contributed by atoms with Crippen molar-refractivity contribution < 1.29 is 0 Å². The fourth-order valence-corrected chi connectivity index (χ4v) is 2.55. The van der Waals surface area contributed by atoms with Gasteiger partial charge in [0.1, 0.15) is 0 Å². The summed E-state index contributed by atoms with van der Waals surface area (Å²) < 4.78 is 1.94. The molecule has 1 aromatic carbocycles. The molecule has 0 unspecified atom stereocenters. The topological polar surface area (TPSA) is 45.5 Å². The Morgan fingerprint density at radius 2 is 1.92 bits per heavy atom. The lowest BCUT2D eigenvalue weighted by Crippen LogP contribution is -2.38. The maximum atomic E-state index is 4.72. The Bertz CT molecular complexity index is 642. The molecule has 0 saturated carbocycles. The maximum Gasteiger partial charge on any atom is 0.194 e. The molecule has 1 heterocycles. The number of benzene rings is 1. The Kier molecular flexibility index (Phi) is 6.85. The number of nitrogens with one attached hydrogen (secondary N) is 1. The maximum absolute atomic E-state index is 4.72. The first-order valence-corrected chi connectivity index (χ1v) is 8.68. The minimum atomic E-state index is 0.711. The lowest BCUT2D eigenvalue weighted by Gasteiger charge is -2.22. The molecule has 24 heavy (non-hydrogen) atoms. The van der Waals surface area contributed by atoms with Gasteiger partial charge in [-0.05, 0) is 37.0 Å². The van der Waals surface area contributed by atoms with Crippen LogP contribution in [-0.2, 0) is 19.5 Å². The molecule has 0 aliphatic rings. The van der Waals surface area contributed by atoms with Gasteiger partial charge in [-0.1, -0.05) is 31.2 Å². The van der Waals surface area contributed by atoms with E-state index in [-0.39, 0.29) is 0 Å². The van der Waals surface area contributed by atoms with Crippen LogP contribution in [0.15, 0.2) is 41.7 Å². The van der Waals surface area contributed by atoms with Gasteiger partial charge in [-0.2, -0.15) is 5.10 Å². The highest BCUT2D eigenvalue weighted by molar-refractivity contribution is 5.79. The zero-order valence-corrected chi connectivity index (χ0v) is 15.3. The lowest BCUT2D eigenvalue weighted by molar-refractivity contribution is 0.474. The minimum absolute atomic E-state index is 0.711. The van der Waals surface area contributed by atoms with E-state index < -0.39 is 0 Å². The second-order valence-electron chi connectivity index (χ2n) is 6.04. The van der Waals surface area contributed by atoms with E-state index in [9.17, 15) is 0 Å². The van der Waals surface area contributed by atoms with Gasteiger partial charge in [-0.3, -0.25) is 9.67 Å². The first-order chi connectivity index (χ1) is 11.6. The molecule has 5 heteroatoms. The summed E-state index contributed by atoms with van der Waals surface area (Å²) in [5, 5.41) is 7.66. The van der Waals surface area contributed by atoms with Gasteiger partial charge < -0.3 is 10.2 Å². The van der Waals surface area contributed by atoms with Crippen molar-refractivity contribution in [3.8, 4) is 0 Å². The summed E-state index contributed by atoms with van der Waals surface area (Å²) in [5.41, 5.74) is 3.85. The third-order valence-corrected chi connectivity index (χ3v) is 3.90. The summed E-state index contributed by atoms with van der Waals surface area (Å²) in [6.45, 7) is 9.53. The summed E-state index contributed by atoms with van der Waals surface area (Å²) >= 11 is 0. The Balaban J connectivity index is 1.94. The van der Waals surface area contributed by atoms with Gasteiger partial charge in [0.05, 0.1) is 19.3 Å². The van der Waals surface area contributed by atoms with Gasteiger partial charge in [0.15, 0.2) is 5.96 Å². The van der Waals surface area contributed by atoms with Crippen LogP contribution in [0.4, 0.5) is 0 Å². The Morgan fingerprint density at radius 3 is 2.50 bits per heavy atom. The summed E-state index contributed by atoms with van der Waals surface area (Å²) in [5.74, 6) is 0.931. The van der Waals surface area contributed by atoms with Gasteiger partial charge in [0.25, 0.3) is 0 Å². The van der Waals surface area contributed by atoms with Crippen LogP contribution in [-0.4, -0.2) is 40.8 Å². The lowest BCUT2D eigenvalue weighted by atomic mass is 10.1. The minimum Gasteiger partial charge on any atom is -0.357 e. The molecule has 5 nitrogen and oxygen atoms in total. The number of aryl methyl sites for hydroxylation is 2. The van der Waals surface area contributed by atoms with Crippen LogP contribution in [0.2, 0.25) is 0 Å². The quantitative estimate of drug-likeness (QED) is 0.628. The molecule has 0 fully saturated rings. The van der Waals surface area contributed by atoms with Crippen molar-refractivity contribution in [1.29, 1.82) is 0 Å². The molecule has 0 aliphatic heterocycles. The van der Waals surface area contributed by atoms with E-state index in [0.717, 1.165) is 32.0 Å². The fraction of sp³-hybridized carbons (Fsp3) is 0.474. The summed E-state index contributed by atoms with van der Waals surface area (Å²) in [7, 11) is 2.08. The van der Waals surface area contributed by atoms with Gasteiger partial charge in [0.2, 0.25) is 0 Å². The average Bonchev–Trinajstić information content (AvgIpc) is 3.00. The van der Waals surface area contributed by atoms with E-state index in [1.54, 1.807) is 0 Å². The highest BCUT2D eigenvalue weighted by Crippen LogP contribution is 2.07. The fourth-order valence-electron chi connectivity index (χ4n) is 2.55. The number of guanidine groups is 1. The summed E-state index contributed by atoms with van der Waals surface area (Å²) in [6.07, 6.45) is 5.00. The summed E-state index contributed by atoms with van der Waals surface area (Å²) in [4.78, 5) is 6.88. The van der Waals surface area contributed by atoms with Crippen molar-refractivity contribution in [2.45, 2.75) is 40.3 Å². The highest BCUT2D eigenvalue weighted by Gasteiger charge is 2.06. The van der Waals surface area contributed by atoms with Gasteiger partial charge in [-0.15, -0.1) is 0 Å². The Hall–Kier alpha value is -2.30. The van der Waals surface area contributed by atoms with Crippen LogP contribution >= 0.6 is 0 Å². The van der Waals surface area contributed by atoms with Crippen molar-refractivity contribution in [2.75, 3.05) is 20.1 Å². The molecule has 2 aromatic rings. The van der Waals surface area contributed by atoms with Crippen LogP contribution in [0.1, 0.15) is 30.5 Å². The second kappa shape index (κ2) is 9.11. The Morgan fingerprint density at radius 1 is 1.21 bits per heavy atom. The SMILES string of the molecule is CCNC(=NCCn1cc(C)cn1)N(C)Cc1ccc(CC)cc1. The van der Waals surface area contributed by atoms with Gasteiger partial charge in [-0.25, -0.2) is 0 Å². The second-order valence-corrected chi connectivity index (χ2v) is 6.04. The first kappa shape index (κ1) is 18.0. The van der Waals surface area contributed by atoms with Crippen LogP contribution in [0.25, 0.3) is 0 Å². The van der Waals surface area contributed by atoms with Crippen LogP contribution in [0.5, 0.6) is 0 Å². The van der Waals surface area contributed by atoms with Gasteiger partial charge >= 0.3 is 0 Å². The molecular weight excluding hydrogens is 298 g/mol. The van der Waals surface area contributed by atoms with Crippen LogP contribution in [0.3, 0.4) is 0 Å². The molecule has 130 valence electrons. The molecule has 0 saturated heterocycles. The van der Waals surface area contributed by atoms with Crippen molar-refractivity contribution in [3.05, 3.63) is 53.3 Å². The van der Waals surface area contributed by atoms with E-state index in [0.29, 0.717) is 6.54 Å². The van der Waals surface area contributed by atoms with Gasteiger partial charge in [0, 0.05) is 26.3 Å². The Labute approximate surface area is 145 Å². The largest absolute Gasteiger partial charge is 0.357 e. The van der Waals surface area contributed by atoms with Crippen molar-refractivity contribution in [3.63, 3.8) is 0 Å². The highest BCUT2D eigenvalue weighted by atomic mass is 15.3. The molecule has 0 atom stereocenters. The monoisotopic (exact) mass is 327 g/mol. The number of aromatic nitrogens is 2. The molecule has 1 N–H and O–H groups in total. The van der Waals surface area contributed by atoms with Crippen molar-refractivity contribution in [2.24, 2.45) is 4.99 Å². The number of hydrogen-bond acceptors (Lipinski definition) is 2. The number of hydrogen-bond donors (Lipinski definition) is 1. The number of aliphatic imine (C=N–C) groups is 1. The molecule has 0 bridgehead atoms. The third-order valence-electron chi connectivity index (χ3n) is 3.90. The molecule has 0 amide bonds. The van der Waals surface area contributed by atoms with E-state index in [1.807, 2.05) is 17.1 Å². The standard InChI is InChI=1S/C19H29N5/c1-5-17-7-9-18(10-8-17)15-23(4)19(20-6-2)21-11-12-24-14-16(3)13-22-24/h7-10,13-14H,5-6,11-12,15H2,1-4H3,(H,20,21). The van der Waals surface area contributed by atoms with Crippen molar-refractivity contribution >= 4 is 5.96 Å². The normalized spacial score (nSPS) is 11.6. The molecule has 0 radical (unpaired) electrons. The van der Waals surface area contributed by atoms with Crippen LogP contribution in [0, 0.1) is 6.92 Å². The number of nitrogens with zero attached hydrogens (tertiary/aromatic N) is 4. The zero-order valence-electron chi connectivity index (χ0n) is 15.3. The van der Waals surface area contributed by atoms with Crippen LogP contribution < -0.4 is 5.32 Å².